The Morgan fingerprint density at radius 1 is 1.05 bits per heavy atom. The van der Waals surface area contributed by atoms with Crippen LogP contribution in [-0.4, -0.2) is 18.6 Å². The summed E-state index contributed by atoms with van der Waals surface area (Å²) in [6.07, 6.45) is 8.57. The van der Waals surface area contributed by atoms with Crippen molar-refractivity contribution in [2.75, 3.05) is 11.4 Å². The Labute approximate surface area is 129 Å². The van der Waals surface area contributed by atoms with Crippen molar-refractivity contribution in [3.63, 3.8) is 0 Å². The molecule has 0 amide bonds. The number of rotatable bonds is 4. The Hall–Kier alpha value is -1.02. The predicted octanol–water partition coefficient (Wildman–Crippen LogP) is 4.34. The van der Waals surface area contributed by atoms with Crippen LogP contribution in [0.3, 0.4) is 0 Å². The lowest BCUT2D eigenvalue weighted by Gasteiger charge is -2.45. The zero-order valence-corrected chi connectivity index (χ0v) is 13.6. The zero-order valence-electron chi connectivity index (χ0n) is 13.6. The second-order valence-electron chi connectivity index (χ2n) is 7.15. The summed E-state index contributed by atoms with van der Waals surface area (Å²) >= 11 is 0. The van der Waals surface area contributed by atoms with E-state index in [0.29, 0.717) is 6.04 Å². The van der Waals surface area contributed by atoms with E-state index in [1.807, 2.05) is 0 Å². The number of nitrogens with one attached hydrogen (secondary N) is 1. The SMILES string of the molecule is CC(C)NCc1ccc(N2CCC[C@H]3CCCC[C@H]32)cc1. The molecule has 0 spiro atoms. The van der Waals surface area contributed by atoms with Gasteiger partial charge in [-0.15, -0.1) is 0 Å². The standard InChI is InChI=1S/C19H30N2/c1-15(2)20-14-16-9-11-18(12-10-16)21-13-5-7-17-6-3-4-8-19(17)21/h9-12,15,17,19-20H,3-8,13-14H2,1-2H3/t17-,19-/m1/s1. The lowest BCUT2D eigenvalue weighted by Crippen LogP contribution is -2.46. The summed E-state index contributed by atoms with van der Waals surface area (Å²) in [5, 5.41) is 3.49. The van der Waals surface area contributed by atoms with Crippen LogP contribution in [0.2, 0.25) is 0 Å². The van der Waals surface area contributed by atoms with Gasteiger partial charge in [0.25, 0.3) is 0 Å². The molecule has 1 saturated heterocycles. The molecule has 0 bridgehead atoms. The minimum absolute atomic E-state index is 0.551. The van der Waals surface area contributed by atoms with Gasteiger partial charge < -0.3 is 10.2 Å². The minimum atomic E-state index is 0.551. The number of piperidine rings is 1. The third-order valence-corrected chi connectivity index (χ3v) is 5.23. The van der Waals surface area contributed by atoms with Crippen LogP contribution in [0.25, 0.3) is 0 Å². The normalized spacial score (nSPS) is 26.0. The van der Waals surface area contributed by atoms with Crippen molar-refractivity contribution in [3.8, 4) is 0 Å². The van der Waals surface area contributed by atoms with Crippen LogP contribution in [0.4, 0.5) is 5.69 Å². The van der Waals surface area contributed by atoms with Crippen LogP contribution in [0.5, 0.6) is 0 Å². The van der Waals surface area contributed by atoms with Crippen LogP contribution in [-0.2, 0) is 6.54 Å². The van der Waals surface area contributed by atoms with Gasteiger partial charge in [0.2, 0.25) is 0 Å². The van der Waals surface area contributed by atoms with Crippen LogP contribution in [0, 0.1) is 5.92 Å². The Bertz CT molecular complexity index is 435. The van der Waals surface area contributed by atoms with E-state index in [0.717, 1.165) is 18.5 Å². The summed E-state index contributed by atoms with van der Waals surface area (Å²) in [6.45, 7) is 6.63. The lowest BCUT2D eigenvalue weighted by atomic mass is 9.78. The molecule has 3 rings (SSSR count). The van der Waals surface area contributed by atoms with Gasteiger partial charge in [-0.1, -0.05) is 38.8 Å². The number of nitrogens with zero attached hydrogens (tertiary/aromatic N) is 1. The summed E-state index contributed by atoms with van der Waals surface area (Å²) in [5.41, 5.74) is 2.84. The second kappa shape index (κ2) is 6.83. The fourth-order valence-electron chi connectivity index (χ4n) is 4.07. The second-order valence-corrected chi connectivity index (χ2v) is 7.15. The molecule has 1 saturated carbocycles. The Balaban J connectivity index is 1.67. The van der Waals surface area contributed by atoms with Crippen molar-refractivity contribution in [1.82, 2.24) is 5.32 Å². The Kier molecular flexibility index (Phi) is 4.84. The monoisotopic (exact) mass is 286 g/mol. The molecule has 0 aromatic heterocycles. The van der Waals surface area contributed by atoms with Crippen molar-refractivity contribution in [1.29, 1.82) is 0 Å². The van der Waals surface area contributed by atoms with Gasteiger partial charge >= 0.3 is 0 Å². The highest BCUT2D eigenvalue weighted by molar-refractivity contribution is 5.49. The van der Waals surface area contributed by atoms with Crippen molar-refractivity contribution < 1.29 is 0 Å². The maximum absolute atomic E-state index is 3.49. The van der Waals surface area contributed by atoms with Gasteiger partial charge in [-0.2, -0.15) is 0 Å². The number of hydrogen-bond donors (Lipinski definition) is 1. The molecule has 2 heteroatoms. The van der Waals surface area contributed by atoms with Gasteiger partial charge in [-0.25, -0.2) is 0 Å². The molecule has 0 unspecified atom stereocenters. The van der Waals surface area contributed by atoms with Gasteiger partial charge in [0, 0.05) is 30.9 Å². The van der Waals surface area contributed by atoms with E-state index in [1.54, 1.807) is 0 Å². The molecule has 0 radical (unpaired) electrons. The first-order valence-electron chi connectivity index (χ1n) is 8.83. The fourth-order valence-corrected chi connectivity index (χ4v) is 4.07. The maximum atomic E-state index is 3.49. The third kappa shape index (κ3) is 3.60. The largest absolute Gasteiger partial charge is 0.368 e. The molecule has 116 valence electrons. The smallest absolute Gasteiger partial charge is 0.0369 e. The number of benzene rings is 1. The molecule has 1 aliphatic heterocycles. The van der Waals surface area contributed by atoms with E-state index >= 15 is 0 Å². The number of fused-ring (bicyclic) bond motifs is 1. The topological polar surface area (TPSA) is 15.3 Å². The van der Waals surface area contributed by atoms with Crippen molar-refractivity contribution >= 4 is 5.69 Å². The van der Waals surface area contributed by atoms with Crippen LogP contribution < -0.4 is 10.2 Å². The minimum Gasteiger partial charge on any atom is -0.368 e. The average Bonchev–Trinajstić information content (AvgIpc) is 2.53. The molecule has 2 aliphatic rings. The van der Waals surface area contributed by atoms with Crippen molar-refractivity contribution in [2.45, 2.75) is 71.0 Å². The van der Waals surface area contributed by atoms with Gasteiger partial charge in [-0.05, 0) is 49.3 Å². The van der Waals surface area contributed by atoms with Gasteiger partial charge in [-0.3, -0.25) is 0 Å². The Morgan fingerprint density at radius 2 is 1.76 bits per heavy atom. The molecule has 2 fully saturated rings. The lowest BCUT2D eigenvalue weighted by molar-refractivity contribution is 0.244. The molecule has 1 aliphatic carbocycles. The molecule has 2 nitrogen and oxygen atoms in total. The molecule has 1 aromatic rings. The zero-order chi connectivity index (χ0) is 14.7. The quantitative estimate of drug-likeness (QED) is 0.885. The van der Waals surface area contributed by atoms with Crippen molar-refractivity contribution in [2.24, 2.45) is 5.92 Å². The fraction of sp³-hybridized carbons (Fsp3) is 0.684. The van der Waals surface area contributed by atoms with E-state index in [1.165, 1.54) is 56.3 Å². The number of anilines is 1. The van der Waals surface area contributed by atoms with Gasteiger partial charge in [0.05, 0.1) is 0 Å². The third-order valence-electron chi connectivity index (χ3n) is 5.23. The van der Waals surface area contributed by atoms with Crippen LogP contribution >= 0.6 is 0 Å². The summed E-state index contributed by atoms with van der Waals surface area (Å²) in [4.78, 5) is 2.70. The molecular formula is C19H30N2. The molecule has 2 atom stereocenters. The highest BCUT2D eigenvalue weighted by atomic mass is 15.2. The molecule has 1 aromatic carbocycles. The van der Waals surface area contributed by atoms with Crippen molar-refractivity contribution in [3.05, 3.63) is 29.8 Å². The highest BCUT2D eigenvalue weighted by Crippen LogP contribution is 2.37. The summed E-state index contributed by atoms with van der Waals surface area (Å²) in [6, 6.07) is 10.7. The molecule has 1 heterocycles. The first-order chi connectivity index (χ1) is 10.2. The van der Waals surface area contributed by atoms with Crippen LogP contribution in [0.1, 0.15) is 57.9 Å². The van der Waals surface area contributed by atoms with E-state index in [4.69, 9.17) is 0 Å². The average molecular weight is 286 g/mol. The maximum Gasteiger partial charge on any atom is 0.0369 e. The number of hydrogen-bond acceptors (Lipinski definition) is 2. The van der Waals surface area contributed by atoms with E-state index < -0.39 is 0 Å². The molecular weight excluding hydrogens is 256 g/mol. The van der Waals surface area contributed by atoms with E-state index in [2.05, 4.69) is 48.3 Å². The summed E-state index contributed by atoms with van der Waals surface area (Å²) in [5.74, 6) is 0.954. The summed E-state index contributed by atoms with van der Waals surface area (Å²) in [7, 11) is 0. The first kappa shape index (κ1) is 14.9. The molecule has 21 heavy (non-hydrogen) atoms. The predicted molar refractivity (Wildman–Crippen MR) is 90.7 cm³/mol. The highest BCUT2D eigenvalue weighted by Gasteiger charge is 2.33. The Morgan fingerprint density at radius 3 is 2.52 bits per heavy atom. The van der Waals surface area contributed by atoms with E-state index in [9.17, 15) is 0 Å². The van der Waals surface area contributed by atoms with Gasteiger partial charge in [0.15, 0.2) is 0 Å². The van der Waals surface area contributed by atoms with Crippen LogP contribution in [0.15, 0.2) is 24.3 Å². The van der Waals surface area contributed by atoms with E-state index in [-0.39, 0.29) is 0 Å². The summed E-state index contributed by atoms with van der Waals surface area (Å²) < 4.78 is 0. The molecule has 1 N–H and O–H groups in total. The first-order valence-corrected chi connectivity index (χ1v) is 8.83. The van der Waals surface area contributed by atoms with Gasteiger partial charge in [0.1, 0.15) is 0 Å².